The monoisotopic (exact) mass is 890 g/mol. The normalized spacial score (nSPS) is 19.7. The van der Waals surface area contributed by atoms with E-state index in [1.54, 1.807) is 0 Å². The van der Waals surface area contributed by atoms with Gasteiger partial charge in [-0.25, -0.2) is 19.6 Å². The van der Waals surface area contributed by atoms with E-state index in [1.165, 1.54) is 7.11 Å². The summed E-state index contributed by atoms with van der Waals surface area (Å²) >= 11 is 0. The number of methoxy groups -OCH3 is 1. The molecule has 16 heteroatoms. The van der Waals surface area contributed by atoms with Gasteiger partial charge in [-0.15, -0.1) is 0 Å². The maximum Gasteiger partial charge on any atom is 0.407 e. The van der Waals surface area contributed by atoms with Gasteiger partial charge in [0.25, 0.3) is 0 Å². The topological polar surface area (TPSA) is 200 Å². The van der Waals surface area contributed by atoms with Gasteiger partial charge in [-0.1, -0.05) is 66.7 Å². The van der Waals surface area contributed by atoms with E-state index in [0.717, 1.165) is 100 Å². The van der Waals surface area contributed by atoms with E-state index < -0.39 is 18.2 Å². The Hall–Kier alpha value is -7.07. The number of fused-ring (bicyclic) bond motifs is 1. The minimum atomic E-state index is -0.808. The van der Waals surface area contributed by atoms with Crippen LogP contribution in [0.2, 0.25) is 0 Å². The van der Waals surface area contributed by atoms with Gasteiger partial charge in [0.1, 0.15) is 23.7 Å². The van der Waals surface area contributed by atoms with Crippen LogP contribution in [0.5, 0.6) is 0 Å². The Morgan fingerprint density at radius 3 is 1.98 bits per heavy atom. The summed E-state index contributed by atoms with van der Waals surface area (Å²) in [7, 11) is 1.31. The second-order valence-electron chi connectivity index (χ2n) is 17.8. The third-order valence-electron chi connectivity index (χ3n) is 13.4. The highest BCUT2D eigenvalue weighted by Gasteiger charge is 2.41. The molecule has 4 fully saturated rings. The molecule has 1 aliphatic carbocycles. The van der Waals surface area contributed by atoms with Crippen LogP contribution in [-0.2, 0) is 19.1 Å². The first-order chi connectivity index (χ1) is 32.3. The summed E-state index contributed by atoms with van der Waals surface area (Å²) in [6.07, 6.45) is 11.4. The fourth-order valence-corrected chi connectivity index (χ4v) is 9.70. The number of nitrogens with zero attached hydrogens (tertiary/aromatic N) is 5. The molecule has 66 heavy (non-hydrogen) atoms. The number of carbonyl (C=O) groups is 4. The highest BCUT2D eigenvalue weighted by Crippen LogP contribution is 2.37. The van der Waals surface area contributed by atoms with Crippen LogP contribution in [0.4, 0.5) is 9.59 Å². The maximum absolute atomic E-state index is 14.1. The fourth-order valence-electron chi connectivity index (χ4n) is 9.70. The number of urea groups is 1. The van der Waals surface area contributed by atoms with Gasteiger partial charge >= 0.3 is 12.1 Å². The summed E-state index contributed by atoms with van der Waals surface area (Å²) in [4.78, 5) is 78.3. The molecule has 3 saturated heterocycles. The summed E-state index contributed by atoms with van der Waals surface area (Å²) in [6.45, 7) is 2.27. The molecule has 3 aromatic carbocycles. The molecule has 0 bridgehead atoms. The zero-order valence-electron chi connectivity index (χ0n) is 36.9. The van der Waals surface area contributed by atoms with Crippen molar-refractivity contribution in [1.82, 2.24) is 50.7 Å². The van der Waals surface area contributed by atoms with Gasteiger partial charge in [-0.3, -0.25) is 14.6 Å². The number of imidazole rings is 2. The van der Waals surface area contributed by atoms with Crippen LogP contribution in [0.25, 0.3) is 44.5 Å². The standard InChI is InChI=1S/C50H54N10O6/c1-65-50(64)58-44(33-19-23-66-24-20-33)48(62)60-22-6-10-42(60)46-53-29-40(56-46)35-16-15-34-26-38(51-27-36(34)25-35)30-11-13-31(14-12-30)39-28-52-45(55-39)41-9-5-21-59(41)47(61)43(32-7-3-2-4-8-32)57-49(63)54-37-17-18-37/h2-4,7-8,11-16,25-29,33,37,41-44H,5-6,9-10,17-24H2,1H3,(H,52,55)(H,53,56)(H,58,64)(H2,54,57,63). The first kappa shape index (κ1) is 42.9. The van der Waals surface area contributed by atoms with Crippen LogP contribution in [0.3, 0.4) is 0 Å². The molecule has 1 saturated carbocycles. The summed E-state index contributed by atoms with van der Waals surface area (Å²) in [5.74, 6) is 1.13. The number of benzene rings is 3. The quantitative estimate of drug-likeness (QED) is 0.0833. The van der Waals surface area contributed by atoms with Crippen LogP contribution in [0.15, 0.2) is 97.5 Å². The second kappa shape index (κ2) is 18.8. The van der Waals surface area contributed by atoms with Crippen LogP contribution in [0, 0.1) is 5.92 Å². The number of aromatic amines is 2. The van der Waals surface area contributed by atoms with Gasteiger partial charge in [0, 0.05) is 55.1 Å². The van der Waals surface area contributed by atoms with E-state index in [-0.39, 0.29) is 41.9 Å². The molecular formula is C50H54N10O6. The van der Waals surface area contributed by atoms with Crippen molar-refractivity contribution in [2.75, 3.05) is 33.4 Å². The van der Waals surface area contributed by atoms with Crippen LogP contribution >= 0.6 is 0 Å². The molecule has 3 aromatic heterocycles. The highest BCUT2D eigenvalue weighted by molar-refractivity contribution is 5.90. The lowest BCUT2D eigenvalue weighted by molar-refractivity contribution is -0.137. The van der Waals surface area contributed by atoms with Crippen LogP contribution in [-0.4, -0.2) is 104 Å². The lowest BCUT2D eigenvalue weighted by atomic mass is 9.90. The molecule has 6 aromatic rings. The van der Waals surface area contributed by atoms with Crippen molar-refractivity contribution in [2.24, 2.45) is 5.92 Å². The molecule has 0 radical (unpaired) electrons. The number of carbonyl (C=O) groups excluding carboxylic acids is 4. The Kier molecular flexibility index (Phi) is 12.2. The van der Waals surface area contributed by atoms with Crippen molar-refractivity contribution >= 4 is 34.7 Å². The molecule has 5 N–H and O–H groups in total. The molecule has 4 aliphatic rings. The number of aromatic nitrogens is 5. The highest BCUT2D eigenvalue weighted by atomic mass is 16.5. The number of H-pyrrole nitrogens is 2. The maximum atomic E-state index is 14.1. The number of hydrogen-bond acceptors (Lipinski definition) is 9. The van der Waals surface area contributed by atoms with Crippen molar-refractivity contribution < 1.29 is 28.7 Å². The Balaban J connectivity index is 0.804. The zero-order chi connectivity index (χ0) is 45.1. The van der Waals surface area contributed by atoms with E-state index >= 15 is 0 Å². The first-order valence-corrected chi connectivity index (χ1v) is 23.1. The third-order valence-corrected chi connectivity index (χ3v) is 13.4. The van der Waals surface area contributed by atoms with Crippen molar-refractivity contribution in [3.05, 3.63) is 115 Å². The summed E-state index contributed by atoms with van der Waals surface area (Å²) in [5.41, 5.74) is 6.16. The average molecular weight is 891 g/mol. The minimum absolute atomic E-state index is 0.0347. The molecule has 5 amide bonds. The molecule has 4 atom stereocenters. The van der Waals surface area contributed by atoms with E-state index in [9.17, 15) is 19.2 Å². The van der Waals surface area contributed by atoms with Gasteiger partial charge in [0.05, 0.1) is 48.7 Å². The average Bonchev–Trinajstić information content (AvgIpc) is 3.88. The number of amides is 5. The second-order valence-corrected chi connectivity index (χ2v) is 17.8. The van der Waals surface area contributed by atoms with Crippen molar-refractivity contribution in [3.8, 4) is 33.8 Å². The summed E-state index contributed by atoms with van der Waals surface area (Å²) < 4.78 is 10.4. The smallest absolute Gasteiger partial charge is 0.407 e. The van der Waals surface area contributed by atoms with Crippen molar-refractivity contribution in [1.29, 1.82) is 0 Å². The van der Waals surface area contributed by atoms with Gasteiger partial charge < -0.3 is 45.2 Å². The van der Waals surface area contributed by atoms with Crippen LogP contribution < -0.4 is 16.0 Å². The molecule has 340 valence electrons. The Bertz CT molecular complexity index is 2710. The van der Waals surface area contributed by atoms with Crippen molar-refractivity contribution in [3.63, 3.8) is 0 Å². The molecule has 4 unspecified atom stereocenters. The SMILES string of the molecule is COC(=O)NC(C(=O)N1CCCC1c1ncc(-c2ccc3cc(-c4ccc(-c5cnc(C6CCCN6C(=O)C(NC(=O)NC6CC6)c6ccccc6)[nH]5)cc4)ncc3c2)[nH]1)C1CCOCC1. The van der Waals surface area contributed by atoms with E-state index in [0.29, 0.717) is 39.1 Å². The molecule has 6 heterocycles. The lowest BCUT2D eigenvalue weighted by Crippen LogP contribution is -2.53. The van der Waals surface area contributed by atoms with Gasteiger partial charge in [-0.2, -0.15) is 0 Å². The van der Waals surface area contributed by atoms with E-state index in [2.05, 4.69) is 50.2 Å². The lowest BCUT2D eigenvalue weighted by Gasteiger charge is -2.34. The Labute approximate surface area is 382 Å². The number of hydrogen-bond donors (Lipinski definition) is 5. The van der Waals surface area contributed by atoms with Gasteiger partial charge in [0.15, 0.2) is 0 Å². The Morgan fingerprint density at radius 2 is 1.32 bits per heavy atom. The predicted octanol–water partition coefficient (Wildman–Crippen LogP) is 7.36. The summed E-state index contributed by atoms with van der Waals surface area (Å²) in [5, 5.41) is 10.7. The summed E-state index contributed by atoms with van der Waals surface area (Å²) in [6, 6.07) is 23.8. The van der Waals surface area contributed by atoms with Gasteiger partial charge in [-0.05, 0) is 85.9 Å². The number of likely N-dealkylation sites (tertiary alicyclic amines) is 2. The molecule has 10 rings (SSSR count). The number of ether oxygens (including phenoxy) is 2. The number of nitrogens with one attached hydrogen (secondary N) is 5. The van der Waals surface area contributed by atoms with E-state index in [1.807, 2.05) is 83.0 Å². The minimum Gasteiger partial charge on any atom is -0.453 e. The predicted molar refractivity (Wildman–Crippen MR) is 246 cm³/mol. The van der Waals surface area contributed by atoms with Gasteiger partial charge in [0.2, 0.25) is 11.8 Å². The zero-order valence-corrected chi connectivity index (χ0v) is 36.9. The molecule has 3 aliphatic heterocycles. The first-order valence-electron chi connectivity index (χ1n) is 23.1. The third kappa shape index (κ3) is 9.10. The van der Waals surface area contributed by atoms with Crippen molar-refractivity contribution in [2.45, 2.75) is 81.6 Å². The fraction of sp³-hybridized carbons (Fsp3) is 0.380. The number of rotatable bonds is 12. The molecule has 16 nitrogen and oxygen atoms in total. The van der Waals surface area contributed by atoms with Crippen LogP contribution in [0.1, 0.15) is 86.7 Å². The number of alkyl carbamates (subject to hydrolysis) is 1. The number of pyridine rings is 1. The largest absolute Gasteiger partial charge is 0.453 e. The molecular weight excluding hydrogens is 837 g/mol. The Morgan fingerprint density at radius 1 is 0.682 bits per heavy atom. The molecule has 0 spiro atoms. The van der Waals surface area contributed by atoms with E-state index in [4.69, 9.17) is 24.4 Å².